The van der Waals surface area contributed by atoms with E-state index in [1.807, 2.05) is 30.3 Å². The van der Waals surface area contributed by atoms with E-state index in [1.54, 1.807) is 30.3 Å². The van der Waals surface area contributed by atoms with Crippen LogP contribution in [0.4, 0.5) is 4.79 Å². The lowest BCUT2D eigenvalue weighted by molar-refractivity contribution is -0.123. The second-order valence-corrected chi connectivity index (χ2v) is 5.94. The smallest absolute Gasteiger partial charge is 0.323 e. The molecule has 4 amide bonds. The summed E-state index contributed by atoms with van der Waals surface area (Å²) in [6.45, 7) is 0.142. The van der Waals surface area contributed by atoms with Gasteiger partial charge in [0.2, 0.25) is 0 Å². The molecule has 0 spiro atoms. The first-order valence-corrected chi connectivity index (χ1v) is 8.06. The normalized spacial score (nSPS) is 17.0. The van der Waals surface area contributed by atoms with E-state index in [1.165, 1.54) is 11.9 Å². The van der Waals surface area contributed by atoms with E-state index in [0.717, 1.165) is 10.5 Å². The van der Waals surface area contributed by atoms with E-state index >= 15 is 0 Å². The van der Waals surface area contributed by atoms with E-state index in [9.17, 15) is 14.4 Å². The first kappa shape index (κ1) is 17.3. The number of hydrogen-bond acceptors (Lipinski definition) is 4. The highest BCUT2D eigenvalue weighted by Gasteiger charge is 2.41. The van der Waals surface area contributed by atoms with E-state index in [0.29, 0.717) is 5.56 Å². The first-order chi connectivity index (χ1) is 12.5. The van der Waals surface area contributed by atoms with Crippen molar-refractivity contribution < 1.29 is 14.4 Å². The summed E-state index contributed by atoms with van der Waals surface area (Å²) in [6.07, 6.45) is 0. The summed E-state index contributed by atoms with van der Waals surface area (Å²) in [7, 11) is 1.45. The third kappa shape index (κ3) is 3.32. The van der Waals surface area contributed by atoms with Gasteiger partial charge in [0.15, 0.2) is 6.04 Å². The van der Waals surface area contributed by atoms with Crippen LogP contribution in [0, 0.1) is 5.41 Å². The van der Waals surface area contributed by atoms with E-state index in [2.05, 4.69) is 5.32 Å². The van der Waals surface area contributed by atoms with Gasteiger partial charge in [-0.15, -0.1) is 0 Å². The second kappa shape index (κ2) is 7.18. The van der Waals surface area contributed by atoms with Crippen molar-refractivity contribution >= 4 is 23.7 Å². The van der Waals surface area contributed by atoms with Crippen LogP contribution in [0.1, 0.15) is 15.9 Å². The molecule has 1 unspecified atom stereocenters. The van der Waals surface area contributed by atoms with Crippen LogP contribution in [0.25, 0.3) is 0 Å². The van der Waals surface area contributed by atoms with Gasteiger partial charge in [0.05, 0.1) is 6.54 Å². The van der Waals surface area contributed by atoms with Crippen molar-refractivity contribution in [3.8, 4) is 0 Å². The lowest BCUT2D eigenvalue weighted by Gasteiger charge is -2.36. The molecule has 7 nitrogen and oxygen atoms in total. The van der Waals surface area contributed by atoms with Crippen LogP contribution in [0.2, 0.25) is 0 Å². The summed E-state index contributed by atoms with van der Waals surface area (Å²) in [5.41, 5.74) is 1.22. The standard InChI is InChI=1S/C19H18N4O3/c1-22(18(25)14-10-6-3-7-11-14)15-16(20)23(19(26)21-17(15)24)12-13-8-4-2-5-9-13/h2-11,15,20H,12H2,1H3,(H,21,24,26). The maximum atomic E-state index is 12.6. The van der Waals surface area contributed by atoms with Crippen LogP contribution in [-0.2, 0) is 11.3 Å². The minimum atomic E-state index is -1.18. The van der Waals surface area contributed by atoms with Crippen molar-refractivity contribution in [1.82, 2.24) is 15.1 Å². The van der Waals surface area contributed by atoms with Crippen LogP contribution in [0.3, 0.4) is 0 Å². The first-order valence-electron chi connectivity index (χ1n) is 8.06. The Labute approximate surface area is 150 Å². The topological polar surface area (TPSA) is 93.6 Å². The largest absolute Gasteiger partial charge is 0.329 e. The number of amides is 4. The number of benzene rings is 2. The third-order valence-electron chi connectivity index (χ3n) is 4.19. The van der Waals surface area contributed by atoms with E-state index < -0.39 is 23.9 Å². The summed E-state index contributed by atoms with van der Waals surface area (Å²) in [6, 6.07) is 15.8. The van der Waals surface area contributed by atoms with Gasteiger partial charge in [-0.3, -0.25) is 25.2 Å². The predicted octanol–water partition coefficient (Wildman–Crippen LogP) is 1.86. The van der Waals surface area contributed by atoms with Crippen LogP contribution in [-0.4, -0.2) is 46.6 Å². The Hall–Kier alpha value is -3.48. The Kier molecular flexibility index (Phi) is 4.79. The molecule has 2 aromatic rings. The Morgan fingerprint density at radius 2 is 1.65 bits per heavy atom. The Balaban J connectivity index is 1.84. The monoisotopic (exact) mass is 350 g/mol. The molecule has 0 aromatic heterocycles. The van der Waals surface area contributed by atoms with Gasteiger partial charge >= 0.3 is 6.03 Å². The zero-order valence-electron chi connectivity index (χ0n) is 14.2. The number of amidine groups is 1. The van der Waals surface area contributed by atoms with Gasteiger partial charge in [0.25, 0.3) is 11.8 Å². The fraction of sp³-hybridized carbons (Fsp3) is 0.158. The summed E-state index contributed by atoms with van der Waals surface area (Å²) < 4.78 is 0. The number of rotatable bonds is 4. The molecule has 7 heteroatoms. The second-order valence-electron chi connectivity index (χ2n) is 5.94. The average Bonchev–Trinajstić information content (AvgIpc) is 2.66. The van der Waals surface area contributed by atoms with Gasteiger partial charge in [-0.1, -0.05) is 48.5 Å². The molecule has 1 heterocycles. The number of urea groups is 1. The van der Waals surface area contributed by atoms with E-state index in [4.69, 9.17) is 5.41 Å². The van der Waals surface area contributed by atoms with Crippen LogP contribution in [0.5, 0.6) is 0 Å². The van der Waals surface area contributed by atoms with Crippen LogP contribution >= 0.6 is 0 Å². The summed E-state index contributed by atoms with van der Waals surface area (Å²) in [5, 5.41) is 10.6. The number of likely N-dealkylation sites (N-methyl/N-ethyl adjacent to an activating group) is 1. The van der Waals surface area contributed by atoms with Crippen LogP contribution < -0.4 is 5.32 Å². The molecule has 0 saturated carbocycles. The van der Waals surface area contributed by atoms with Crippen LogP contribution in [0.15, 0.2) is 60.7 Å². The van der Waals surface area contributed by atoms with E-state index in [-0.39, 0.29) is 12.4 Å². The van der Waals surface area contributed by atoms with Crippen molar-refractivity contribution in [2.45, 2.75) is 12.6 Å². The molecular formula is C19H18N4O3. The van der Waals surface area contributed by atoms with Crippen molar-refractivity contribution in [2.24, 2.45) is 0 Å². The zero-order valence-corrected chi connectivity index (χ0v) is 14.2. The molecule has 0 radical (unpaired) electrons. The number of hydrogen-bond donors (Lipinski definition) is 2. The van der Waals surface area contributed by atoms with Gasteiger partial charge < -0.3 is 4.90 Å². The number of carbonyl (C=O) groups excluding carboxylic acids is 3. The summed E-state index contributed by atoms with van der Waals surface area (Å²) >= 11 is 0. The molecule has 2 N–H and O–H groups in total. The van der Waals surface area contributed by atoms with Gasteiger partial charge in [-0.2, -0.15) is 0 Å². The summed E-state index contributed by atoms with van der Waals surface area (Å²) in [4.78, 5) is 39.4. The minimum absolute atomic E-state index is 0.142. The highest BCUT2D eigenvalue weighted by molar-refractivity contribution is 6.21. The van der Waals surface area contributed by atoms with Crippen molar-refractivity contribution in [1.29, 1.82) is 5.41 Å². The van der Waals surface area contributed by atoms with Gasteiger partial charge in [-0.25, -0.2) is 4.79 Å². The average molecular weight is 350 g/mol. The lowest BCUT2D eigenvalue weighted by Crippen LogP contribution is -2.65. The zero-order chi connectivity index (χ0) is 18.7. The molecule has 1 aliphatic rings. The Morgan fingerprint density at radius 1 is 1.08 bits per heavy atom. The number of imide groups is 1. The molecule has 0 aliphatic carbocycles. The molecule has 1 aliphatic heterocycles. The fourth-order valence-corrected chi connectivity index (χ4v) is 2.81. The minimum Gasteiger partial charge on any atom is -0.323 e. The third-order valence-corrected chi connectivity index (χ3v) is 4.19. The SMILES string of the molecule is CN(C(=O)c1ccccc1)C1C(=N)N(Cc2ccccc2)C(=O)NC1=O. The Bertz CT molecular complexity index is 852. The highest BCUT2D eigenvalue weighted by atomic mass is 16.2. The molecule has 0 bridgehead atoms. The molecule has 3 rings (SSSR count). The molecule has 1 atom stereocenters. The maximum absolute atomic E-state index is 12.6. The quantitative estimate of drug-likeness (QED) is 0.881. The molecule has 26 heavy (non-hydrogen) atoms. The molecule has 1 fully saturated rings. The molecule has 1 saturated heterocycles. The molecule has 2 aromatic carbocycles. The number of carbonyl (C=O) groups is 3. The fourth-order valence-electron chi connectivity index (χ4n) is 2.81. The van der Waals surface area contributed by atoms with Gasteiger partial charge in [0, 0.05) is 12.6 Å². The van der Waals surface area contributed by atoms with Crippen molar-refractivity contribution in [2.75, 3.05) is 7.05 Å². The highest BCUT2D eigenvalue weighted by Crippen LogP contribution is 2.16. The number of nitrogens with zero attached hydrogens (tertiary/aromatic N) is 2. The molecular weight excluding hydrogens is 332 g/mol. The van der Waals surface area contributed by atoms with Gasteiger partial charge in [-0.05, 0) is 17.7 Å². The van der Waals surface area contributed by atoms with Crippen molar-refractivity contribution in [3.05, 3.63) is 71.8 Å². The van der Waals surface area contributed by atoms with Crippen molar-refractivity contribution in [3.63, 3.8) is 0 Å². The maximum Gasteiger partial charge on any atom is 0.329 e. The summed E-state index contributed by atoms with van der Waals surface area (Å²) in [5.74, 6) is -1.31. The van der Waals surface area contributed by atoms with Gasteiger partial charge in [0.1, 0.15) is 5.84 Å². The Morgan fingerprint density at radius 3 is 2.27 bits per heavy atom. The molecule has 132 valence electrons. The lowest BCUT2D eigenvalue weighted by atomic mass is 10.1. The number of nitrogens with one attached hydrogen (secondary N) is 2. The predicted molar refractivity (Wildman–Crippen MR) is 95.6 cm³/mol.